The predicted octanol–water partition coefficient (Wildman–Crippen LogP) is 0.611. The molecule has 1 aliphatic rings. The van der Waals surface area contributed by atoms with E-state index < -0.39 is 15.6 Å². The van der Waals surface area contributed by atoms with Gasteiger partial charge in [-0.15, -0.1) is 0 Å². The van der Waals surface area contributed by atoms with Crippen LogP contribution >= 0.6 is 0 Å². The van der Waals surface area contributed by atoms with Crippen LogP contribution in [0.3, 0.4) is 0 Å². The molecule has 0 fully saturated rings. The number of anilines is 1. The minimum atomic E-state index is -3.54. The summed E-state index contributed by atoms with van der Waals surface area (Å²) in [5.41, 5.74) is 6.48. The molecule has 1 heterocycles. The van der Waals surface area contributed by atoms with Crippen molar-refractivity contribution in [1.29, 1.82) is 0 Å². The lowest BCUT2D eigenvalue weighted by Gasteiger charge is -2.26. The number of rotatable bonds is 4. The van der Waals surface area contributed by atoms with Crippen LogP contribution in [0.25, 0.3) is 0 Å². The van der Waals surface area contributed by atoms with E-state index in [9.17, 15) is 13.2 Å². The highest BCUT2D eigenvalue weighted by Gasteiger charge is 2.33. The maximum Gasteiger partial charge on any atom is 0.246 e. The van der Waals surface area contributed by atoms with Gasteiger partial charge in [-0.3, -0.25) is 4.79 Å². The maximum absolute atomic E-state index is 12.4. The van der Waals surface area contributed by atoms with Gasteiger partial charge in [-0.2, -0.15) is 0 Å². The van der Waals surface area contributed by atoms with Crippen LogP contribution in [0.15, 0.2) is 23.1 Å². The summed E-state index contributed by atoms with van der Waals surface area (Å²) in [6.07, 6.45) is 0.707. The van der Waals surface area contributed by atoms with Crippen LogP contribution < -0.4 is 15.4 Å². The van der Waals surface area contributed by atoms with Gasteiger partial charge < -0.3 is 10.6 Å². The molecule has 6 nitrogen and oxygen atoms in total. The summed E-state index contributed by atoms with van der Waals surface area (Å²) in [7, 11) is -3.54. The molecule has 0 radical (unpaired) electrons. The van der Waals surface area contributed by atoms with E-state index in [1.165, 1.54) is 0 Å². The van der Waals surface area contributed by atoms with E-state index in [4.69, 9.17) is 5.73 Å². The Bertz CT molecular complexity index is 663. The first-order chi connectivity index (χ1) is 9.66. The lowest BCUT2D eigenvalue weighted by Crippen LogP contribution is -2.50. The second-order valence-corrected chi connectivity index (χ2v) is 7.49. The molecular weight excluding hydrogens is 290 g/mol. The van der Waals surface area contributed by atoms with Crippen LogP contribution in [0.4, 0.5) is 5.69 Å². The Hall–Kier alpha value is -1.44. The summed E-state index contributed by atoms with van der Waals surface area (Å²) in [5.74, 6) is -0.209. The highest BCUT2D eigenvalue weighted by Crippen LogP contribution is 2.31. The Morgan fingerprint density at radius 2 is 2.10 bits per heavy atom. The number of nitrogens with zero attached hydrogens (tertiary/aromatic N) is 1. The molecule has 116 valence electrons. The van der Waals surface area contributed by atoms with Crippen LogP contribution in [0, 0.1) is 0 Å². The smallest absolute Gasteiger partial charge is 0.246 e. The molecule has 1 aromatic rings. The van der Waals surface area contributed by atoms with Crippen LogP contribution in [-0.2, 0) is 21.2 Å². The summed E-state index contributed by atoms with van der Waals surface area (Å²) in [6, 6.07) is 4.87. The van der Waals surface area contributed by atoms with Gasteiger partial charge in [-0.05, 0) is 38.0 Å². The van der Waals surface area contributed by atoms with Gasteiger partial charge in [-0.1, -0.05) is 13.0 Å². The molecule has 0 saturated heterocycles. The third kappa shape index (κ3) is 3.09. The molecule has 1 aliphatic heterocycles. The first-order valence-electron chi connectivity index (χ1n) is 6.90. The number of benzene rings is 1. The van der Waals surface area contributed by atoms with E-state index in [0.717, 1.165) is 5.56 Å². The molecule has 7 heteroatoms. The summed E-state index contributed by atoms with van der Waals surface area (Å²) in [5, 5.41) is 0. The zero-order valence-electron chi connectivity index (χ0n) is 12.5. The van der Waals surface area contributed by atoms with Crippen LogP contribution in [-0.4, -0.2) is 33.0 Å². The number of carbonyl (C=O) groups excluding carboxylic acids is 1. The Balaban J connectivity index is 2.42. The first kappa shape index (κ1) is 15.9. The molecule has 0 bridgehead atoms. The monoisotopic (exact) mass is 311 g/mol. The fraction of sp³-hybridized carbons (Fsp3) is 0.500. The van der Waals surface area contributed by atoms with Gasteiger partial charge in [0.05, 0.1) is 10.4 Å². The van der Waals surface area contributed by atoms with Crippen molar-refractivity contribution < 1.29 is 13.2 Å². The Labute approximate surface area is 125 Å². The minimum Gasteiger partial charge on any atom is -0.318 e. The fourth-order valence-electron chi connectivity index (χ4n) is 2.36. The second-order valence-electron chi connectivity index (χ2n) is 5.72. The largest absolute Gasteiger partial charge is 0.318 e. The average Bonchev–Trinajstić information content (AvgIpc) is 2.79. The first-order valence-corrected chi connectivity index (χ1v) is 8.38. The zero-order valence-corrected chi connectivity index (χ0v) is 13.3. The van der Waals surface area contributed by atoms with Gasteiger partial charge in [0.15, 0.2) is 0 Å². The molecule has 0 saturated carbocycles. The molecule has 1 aromatic carbocycles. The standard InChI is InChI=1S/C14H21N3O3S/c1-4-16-21(19,20)11-6-5-10-7-8-17(12(10)9-11)13(18)14(2,3)15/h5-6,9,16H,4,7-8,15H2,1-3H3. The van der Waals surface area contributed by atoms with Gasteiger partial charge in [0, 0.05) is 18.8 Å². The van der Waals surface area contributed by atoms with Gasteiger partial charge in [0.2, 0.25) is 15.9 Å². The van der Waals surface area contributed by atoms with Crippen molar-refractivity contribution >= 4 is 21.6 Å². The molecular formula is C14H21N3O3S. The van der Waals surface area contributed by atoms with Gasteiger partial charge in [-0.25, -0.2) is 13.1 Å². The molecule has 2 rings (SSSR count). The Morgan fingerprint density at radius 1 is 1.43 bits per heavy atom. The van der Waals surface area contributed by atoms with E-state index >= 15 is 0 Å². The summed E-state index contributed by atoms with van der Waals surface area (Å²) in [4.78, 5) is 14.1. The minimum absolute atomic E-state index is 0.164. The molecule has 0 aromatic heterocycles. The summed E-state index contributed by atoms with van der Waals surface area (Å²) in [6.45, 7) is 5.86. The number of nitrogens with one attached hydrogen (secondary N) is 1. The zero-order chi connectivity index (χ0) is 15.8. The number of carbonyl (C=O) groups is 1. The summed E-state index contributed by atoms with van der Waals surface area (Å²) < 4.78 is 26.6. The molecule has 0 aliphatic carbocycles. The van der Waals surface area contributed by atoms with E-state index in [1.807, 2.05) is 0 Å². The van der Waals surface area contributed by atoms with Crippen molar-refractivity contribution in [2.45, 2.75) is 37.6 Å². The lowest BCUT2D eigenvalue weighted by molar-refractivity contribution is -0.122. The van der Waals surface area contributed by atoms with Crippen molar-refractivity contribution in [1.82, 2.24) is 4.72 Å². The fourth-order valence-corrected chi connectivity index (χ4v) is 3.42. The second kappa shape index (κ2) is 5.40. The number of amides is 1. The number of hydrogen-bond donors (Lipinski definition) is 2. The number of hydrogen-bond acceptors (Lipinski definition) is 4. The molecule has 0 atom stereocenters. The van der Waals surface area contributed by atoms with Crippen molar-refractivity contribution in [2.75, 3.05) is 18.0 Å². The van der Waals surface area contributed by atoms with Crippen molar-refractivity contribution in [2.24, 2.45) is 5.73 Å². The average molecular weight is 311 g/mol. The molecule has 0 unspecified atom stereocenters. The quantitative estimate of drug-likeness (QED) is 0.852. The van der Waals surface area contributed by atoms with E-state index in [2.05, 4.69) is 4.72 Å². The molecule has 0 spiro atoms. The van der Waals surface area contributed by atoms with Gasteiger partial charge in [0.1, 0.15) is 0 Å². The van der Waals surface area contributed by atoms with E-state index in [0.29, 0.717) is 25.2 Å². The van der Waals surface area contributed by atoms with E-state index in [1.54, 1.807) is 43.9 Å². The van der Waals surface area contributed by atoms with Crippen molar-refractivity contribution in [3.8, 4) is 0 Å². The normalized spacial score (nSPS) is 15.1. The predicted molar refractivity (Wildman–Crippen MR) is 81.6 cm³/mol. The maximum atomic E-state index is 12.4. The molecule has 3 N–H and O–H groups in total. The highest BCUT2D eigenvalue weighted by molar-refractivity contribution is 7.89. The SMILES string of the molecule is CCNS(=O)(=O)c1ccc2c(c1)N(C(=O)C(C)(C)N)CC2. The number of sulfonamides is 1. The third-order valence-corrected chi connectivity index (χ3v) is 4.94. The highest BCUT2D eigenvalue weighted by atomic mass is 32.2. The molecule has 21 heavy (non-hydrogen) atoms. The third-order valence-electron chi connectivity index (χ3n) is 3.39. The van der Waals surface area contributed by atoms with Gasteiger partial charge in [0.25, 0.3) is 0 Å². The molecule has 1 amide bonds. The Morgan fingerprint density at radius 3 is 2.67 bits per heavy atom. The van der Waals surface area contributed by atoms with Crippen molar-refractivity contribution in [3.05, 3.63) is 23.8 Å². The van der Waals surface area contributed by atoms with Crippen LogP contribution in [0.1, 0.15) is 26.3 Å². The Kier molecular flexibility index (Phi) is 4.10. The topological polar surface area (TPSA) is 92.5 Å². The number of fused-ring (bicyclic) bond motifs is 1. The van der Waals surface area contributed by atoms with Crippen LogP contribution in [0.2, 0.25) is 0 Å². The van der Waals surface area contributed by atoms with Crippen LogP contribution in [0.5, 0.6) is 0 Å². The number of nitrogens with two attached hydrogens (primary N) is 1. The van der Waals surface area contributed by atoms with Crippen molar-refractivity contribution in [3.63, 3.8) is 0 Å². The van der Waals surface area contributed by atoms with E-state index in [-0.39, 0.29) is 10.8 Å². The lowest BCUT2D eigenvalue weighted by atomic mass is 10.1. The van der Waals surface area contributed by atoms with Gasteiger partial charge >= 0.3 is 0 Å². The summed E-state index contributed by atoms with van der Waals surface area (Å²) >= 11 is 0.